The third-order valence-corrected chi connectivity index (χ3v) is 2.78. The molecule has 0 saturated carbocycles. The molecule has 0 saturated heterocycles. The minimum absolute atomic E-state index is 0.281. The minimum Gasteiger partial charge on any atom is -0.396 e. The number of hydrogen-bond donors (Lipinski definition) is 1. The molecular formula is C12H23BrO. The quantitative estimate of drug-likeness (QED) is 0.358. The van der Waals surface area contributed by atoms with Crippen LogP contribution in [-0.4, -0.2) is 17.0 Å². The summed E-state index contributed by atoms with van der Waals surface area (Å²) in [5.41, 5.74) is 0. The van der Waals surface area contributed by atoms with E-state index in [9.17, 15) is 0 Å². The smallest absolute Gasteiger partial charge is 0.0465 e. The van der Waals surface area contributed by atoms with Gasteiger partial charge in [0.05, 0.1) is 0 Å². The van der Waals surface area contributed by atoms with E-state index in [1.54, 1.807) is 0 Å². The average molecular weight is 263 g/mol. The fraction of sp³-hybridized carbons (Fsp3) is 0.833. The van der Waals surface area contributed by atoms with E-state index in [2.05, 4.69) is 28.1 Å². The van der Waals surface area contributed by atoms with Crippen molar-refractivity contribution >= 4 is 15.9 Å². The number of rotatable bonds is 10. The van der Waals surface area contributed by atoms with Gasteiger partial charge in [0.2, 0.25) is 0 Å². The van der Waals surface area contributed by atoms with Crippen LogP contribution in [0.25, 0.3) is 0 Å². The second-order valence-corrected chi connectivity index (χ2v) is 4.38. The normalized spacial score (nSPS) is 11.3. The van der Waals surface area contributed by atoms with Crippen molar-refractivity contribution in [2.45, 2.75) is 51.4 Å². The van der Waals surface area contributed by atoms with Crippen LogP contribution in [0.15, 0.2) is 12.2 Å². The van der Waals surface area contributed by atoms with Gasteiger partial charge in [-0.1, -0.05) is 53.8 Å². The molecule has 0 rings (SSSR count). The second kappa shape index (κ2) is 13.2. The molecule has 0 spiro atoms. The Morgan fingerprint density at radius 1 is 0.786 bits per heavy atom. The van der Waals surface area contributed by atoms with Crippen molar-refractivity contribution in [3.8, 4) is 0 Å². The minimum atomic E-state index is 0.281. The highest BCUT2D eigenvalue weighted by Crippen LogP contribution is 2.08. The highest BCUT2D eigenvalue weighted by atomic mass is 79.9. The Kier molecular flexibility index (Phi) is 13.3. The standard InChI is InChI=1S/C12H23BrO/c13-11-9-7-5-3-1-2-4-6-8-10-12-14/h6,8,14H,1-5,7,9-12H2/b8-6+. The maximum atomic E-state index is 8.53. The number of allylic oxidation sites excluding steroid dienone is 1. The predicted molar refractivity (Wildman–Crippen MR) is 67.0 cm³/mol. The van der Waals surface area contributed by atoms with E-state index in [1.807, 2.05) is 0 Å². The first-order valence-electron chi connectivity index (χ1n) is 5.73. The summed E-state index contributed by atoms with van der Waals surface area (Å²) >= 11 is 3.44. The molecule has 0 bridgehead atoms. The zero-order valence-corrected chi connectivity index (χ0v) is 10.6. The van der Waals surface area contributed by atoms with Crippen molar-refractivity contribution < 1.29 is 5.11 Å². The van der Waals surface area contributed by atoms with Crippen molar-refractivity contribution in [3.05, 3.63) is 12.2 Å². The molecule has 0 radical (unpaired) electrons. The monoisotopic (exact) mass is 262 g/mol. The third-order valence-electron chi connectivity index (χ3n) is 2.22. The lowest BCUT2D eigenvalue weighted by Crippen LogP contribution is -1.80. The van der Waals surface area contributed by atoms with Crippen LogP contribution in [0, 0.1) is 0 Å². The van der Waals surface area contributed by atoms with E-state index in [4.69, 9.17) is 5.11 Å². The van der Waals surface area contributed by atoms with E-state index < -0.39 is 0 Å². The van der Waals surface area contributed by atoms with Gasteiger partial charge in [-0.25, -0.2) is 0 Å². The van der Waals surface area contributed by atoms with Crippen LogP contribution in [-0.2, 0) is 0 Å². The second-order valence-electron chi connectivity index (χ2n) is 3.58. The summed E-state index contributed by atoms with van der Waals surface area (Å²) in [7, 11) is 0. The van der Waals surface area contributed by atoms with Crippen molar-refractivity contribution in [3.63, 3.8) is 0 Å². The molecule has 14 heavy (non-hydrogen) atoms. The summed E-state index contributed by atoms with van der Waals surface area (Å²) in [6.45, 7) is 0.281. The van der Waals surface area contributed by atoms with Crippen molar-refractivity contribution in [2.24, 2.45) is 0 Å². The highest BCUT2D eigenvalue weighted by molar-refractivity contribution is 9.09. The van der Waals surface area contributed by atoms with Gasteiger partial charge in [0.1, 0.15) is 0 Å². The molecular weight excluding hydrogens is 240 g/mol. The van der Waals surface area contributed by atoms with Crippen molar-refractivity contribution in [1.29, 1.82) is 0 Å². The number of hydrogen-bond acceptors (Lipinski definition) is 1. The molecule has 0 atom stereocenters. The van der Waals surface area contributed by atoms with Gasteiger partial charge < -0.3 is 5.11 Å². The number of unbranched alkanes of at least 4 members (excludes halogenated alkanes) is 6. The largest absolute Gasteiger partial charge is 0.396 e. The molecule has 0 unspecified atom stereocenters. The zero-order chi connectivity index (χ0) is 10.5. The Morgan fingerprint density at radius 2 is 1.36 bits per heavy atom. The summed E-state index contributed by atoms with van der Waals surface area (Å²) < 4.78 is 0. The topological polar surface area (TPSA) is 20.2 Å². The van der Waals surface area contributed by atoms with Gasteiger partial charge in [-0.2, -0.15) is 0 Å². The Bertz CT molecular complexity index is 123. The molecule has 84 valence electrons. The Morgan fingerprint density at radius 3 is 2.00 bits per heavy atom. The van der Waals surface area contributed by atoms with Gasteiger partial charge >= 0.3 is 0 Å². The van der Waals surface area contributed by atoms with Gasteiger partial charge in [0.25, 0.3) is 0 Å². The number of aliphatic hydroxyl groups excluding tert-OH is 1. The number of halogens is 1. The van der Waals surface area contributed by atoms with Crippen LogP contribution in [0.5, 0.6) is 0 Å². The predicted octanol–water partition coefficient (Wildman–Crippen LogP) is 4.05. The maximum absolute atomic E-state index is 8.53. The number of alkyl halides is 1. The van der Waals surface area contributed by atoms with Gasteiger partial charge in [-0.05, 0) is 25.7 Å². The first-order valence-corrected chi connectivity index (χ1v) is 6.85. The fourth-order valence-electron chi connectivity index (χ4n) is 1.37. The SMILES string of the molecule is OCC/C=C/CCCCCCCCBr. The Labute approximate surface area is 96.7 Å². The van der Waals surface area contributed by atoms with E-state index in [1.165, 1.54) is 44.9 Å². The van der Waals surface area contributed by atoms with Crippen molar-refractivity contribution in [2.75, 3.05) is 11.9 Å². The lowest BCUT2D eigenvalue weighted by atomic mass is 10.1. The molecule has 0 aliphatic heterocycles. The zero-order valence-electron chi connectivity index (χ0n) is 9.05. The van der Waals surface area contributed by atoms with E-state index in [0.29, 0.717) is 0 Å². The molecule has 0 aromatic rings. The van der Waals surface area contributed by atoms with Crippen LogP contribution >= 0.6 is 15.9 Å². The molecule has 2 heteroatoms. The summed E-state index contributed by atoms with van der Waals surface area (Å²) in [4.78, 5) is 0. The van der Waals surface area contributed by atoms with Crippen LogP contribution in [0.2, 0.25) is 0 Å². The Balaban J connectivity index is 2.91. The molecule has 0 aromatic heterocycles. The van der Waals surface area contributed by atoms with E-state index >= 15 is 0 Å². The molecule has 0 aliphatic carbocycles. The summed E-state index contributed by atoms with van der Waals surface area (Å²) in [5, 5.41) is 9.68. The van der Waals surface area contributed by atoms with Crippen LogP contribution < -0.4 is 0 Å². The van der Waals surface area contributed by atoms with E-state index in [0.717, 1.165) is 11.8 Å². The molecule has 1 nitrogen and oxygen atoms in total. The van der Waals surface area contributed by atoms with Crippen LogP contribution in [0.4, 0.5) is 0 Å². The molecule has 0 amide bonds. The lowest BCUT2D eigenvalue weighted by molar-refractivity contribution is 0.302. The first-order chi connectivity index (χ1) is 6.91. The van der Waals surface area contributed by atoms with E-state index in [-0.39, 0.29) is 6.61 Å². The van der Waals surface area contributed by atoms with Gasteiger partial charge in [-0.15, -0.1) is 0 Å². The molecule has 0 heterocycles. The summed E-state index contributed by atoms with van der Waals surface area (Å²) in [6, 6.07) is 0. The fourth-order valence-corrected chi connectivity index (χ4v) is 1.77. The molecule has 0 fully saturated rings. The van der Waals surface area contributed by atoms with Gasteiger partial charge in [-0.3, -0.25) is 0 Å². The van der Waals surface area contributed by atoms with Crippen LogP contribution in [0.3, 0.4) is 0 Å². The molecule has 1 N–H and O–H groups in total. The first kappa shape index (κ1) is 14.2. The Hall–Kier alpha value is 0.180. The maximum Gasteiger partial charge on any atom is 0.0465 e. The number of aliphatic hydroxyl groups is 1. The lowest BCUT2D eigenvalue weighted by Gasteiger charge is -1.98. The summed E-state index contributed by atoms with van der Waals surface area (Å²) in [5.74, 6) is 0. The third kappa shape index (κ3) is 12.2. The van der Waals surface area contributed by atoms with Crippen molar-refractivity contribution in [1.82, 2.24) is 0 Å². The van der Waals surface area contributed by atoms with Gasteiger partial charge in [0.15, 0.2) is 0 Å². The highest BCUT2D eigenvalue weighted by Gasteiger charge is 1.89. The van der Waals surface area contributed by atoms with Crippen LogP contribution in [0.1, 0.15) is 51.4 Å². The molecule has 0 aromatic carbocycles. The summed E-state index contributed by atoms with van der Waals surface area (Å²) in [6.07, 6.45) is 14.3. The van der Waals surface area contributed by atoms with Gasteiger partial charge in [0, 0.05) is 11.9 Å². The molecule has 0 aliphatic rings. The average Bonchev–Trinajstić information content (AvgIpc) is 2.21.